The van der Waals surface area contributed by atoms with Crippen LogP contribution in [0.3, 0.4) is 0 Å². The van der Waals surface area contributed by atoms with Gasteiger partial charge in [-0.15, -0.1) is 0 Å². The van der Waals surface area contributed by atoms with Crippen LogP contribution >= 0.6 is 12.2 Å². The van der Waals surface area contributed by atoms with Crippen LogP contribution in [0.1, 0.15) is 31.0 Å². The highest BCUT2D eigenvalue weighted by Gasteiger charge is 2.31. The van der Waals surface area contributed by atoms with Crippen LogP contribution in [0.25, 0.3) is 0 Å². The molecule has 0 aromatic heterocycles. The molecule has 118 valence electrons. The molecule has 2 rings (SSSR count). The first-order valence-corrected chi connectivity index (χ1v) is 7.48. The van der Waals surface area contributed by atoms with Gasteiger partial charge in [0, 0.05) is 5.70 Å². The summed E-state index contributed by atoms with van der Waals surface area (Å²) in [4.78, 5) is 12.3. The molecule has 0 saturated heterocycles. The monoisotopic (exact) mass is 320 g/mol. The van der Waals surface area contributed by atoms with Crippen molar-refractivity contribution in [3.8, 4) is 5.75 Å². The third-order valence-electron chi connectivity index (χ3n) is 3.55. The summed E-state index contributed by atoms with van der Waals surface area (Å²) < 4.78 is 10.4. The van der Waals surface area contributed by atoms with E-state index in [1.807, 2.05) is 32.0 Å². The molecule has 1 heterocycles. The van der Waals surface area contributed by atoms with Crippen molar-refractivity contribution >= 4 is 23.3 Å². The van der Waals surface area contributed by atoms with Gasteiger partial charge in [-0.3, -0.25) is 0 Å². The van der Waals surface area contributed by atoms with Crippen LogP contribution in [-0.4, -0.2) is 24.8 Å². The molecule has 0 amide bonds. The molecule has 0 spiro atoms. The van der Waals surface area contributed by atoms with E-state index < -0.39 is 0 Å². The van der Waals surface area contributed by atoms with Gasteiger partial charge < -0.3 is 20.1 Å². The summed E-state index contributed by atoms with van der Waals surface area (Å²) in [7, 11) is 1.63. The highest BCUT2D eigenvalue weighted by atomic mass is 32.1. The number of thiocarbonyl (C=S) groups is 1. The van der Waals surface area contributed by atoms with Gasteiger partial charge in [0.25, 0.3) is 0 Å². The zero-order chi connectivity index (χ0) is 16.3. The summed E-state index contributed by atoms with van der Waals surface area (Å²) in [6.45, 7) is 5.91. The van der Waals surface area contributed by atoms with Gasteiger partial charge in [0.05, 0.1) is 25.3 Å². The molecule has 0 bridgehead atoms. The maximum absolute atomic E-state index is 12.3. The molecular weight excluding hydrogens is 300 g/mol. The van der Waals surface area contributed by atoms with Crippen LogP contribution in [-0.2, 0) is 9.53 Å². The van der Waals surface area contributed by atoms with Crippen molar-refractivity contribution in [2.45, 2.75) is 26.8 Å². The minimum atomic E-state index is -0.345. The summed E-state index contributed by atoms with van der Waals surface area (Å²) in [5.74, 6) is 0.430. The van der Waals surface area contributed by atoms with Crippen molar-refractivity contribution in [3.05, 3.63) is 40.6 Å². The number of rotatable bonds is 4. The molecule has 0 saturated carbocycles. The van der Waals surface area contributed by atoms with Crippen molar-refractivity contribution in [3.63, 3.8) is 0 Å². The van der Waals surface area contributed by atoms with Crippen LogP contribution in [0.5, 0.6) is 5.75 Å². The van der Waals surface area contributed by atoms with Gasteiger partial charge in [-0.25, -0.2) is 4.79 Å². The fraction of sp³-hybridized carbons (Fsp3) is 0.375. The van der Waals surface area contributed by atoms with E-state index in [9.17, 15) is 4.79 Å². The summed E-state index contributed by atoms with van der Waals surface area (Å²) in [6, 6.07) is 5.40. The van der Waals surface area contributed by atoms with Gasteiger partial charge in [0.1, 0.15) is 5.75 Å². The molecule has 0 aliphatic carbocycles. The lowest BCUT2D eigenvalue weighted by Gasteiger charge is -2.30. The molecule has 1 aromatic carbocycles. The quantitative estimate of drug-likeness (QED) is 0.656. The lowest BCUT2D eigenvalue weighted by Crippen LogP contribution is -2.45. The molecule has 0 unspecified atom stereocenters. The second-order valence-corrected chi connectivity index (χ2v) is 5.42. The fourth-order valence-corrected chi connectivity index (χ4v) is 2.78. The Morgan fingerprint density at radius 3 is 2.68 bits per heavy atom. The number of ether oxygens (including phenoxy) is 2. The number of benzene rings is 1. The zero-order valence-corrected chi connectivity index (χ0v) is 14.0. The molecule has 1 aromatic rings. The highest BCUT2D eigenvalue weighted by Crippen LogP contribution is 2.31. The van der Waals surface area contributed by atoms with E-state index in [1.165, 1.54) is 0 Å². The van der Waals surface area contributed by atoms with Crippen LogP contribution in [0, 0.1) is 6.92 Å². The first-order chi connectivity index (χ1) is 10.5. The lowest BCUT2D eigenvalue weighted by molar-refractivity contribution is -0.139. The van der Waals surface area contributed by atoms with Gasteiger partial charge in [0.2, 0.25) is 0 Å². The number of carbonyl (C=O) groups excluding carboxylic acids is 1. The van der Waals surface area contributed by atoms with Gasteiger partial charge in [-0.1, -0.05) is 6.07 Å². The van der Waals surface area contributed by atoms with Gasteiger partial charge in [-0.2, -0.15) is 0 Å². The second-order valence-electron chi connectivity index (χ2n) is 5.01. The van der Waals surface area contributed by atoms with Crippen molar-refractivity contribution in [2.24, 2.45) is 0 Å². The molecule has 1 aliphatic rings. The normalized spacial score (nSPS) is 17.6. The van der Waals surface area contributed by atoms with Gasteiger partial charge in [-0.05, 0) is 56.2 Å². The van der Waals surface area contributed by atoms with E-state index in [0.717, 1.165) is 16.9 Å². The summed E-state index contributed by atoms with van der Waals surface area (Å²) in [5, 5.41) is 6.63. The number of hydrogen-bond donors (Lipinski definition) is 2. The highest BCUT2D eigenvalue weighted by molar-refractivity contribution is 7.80. The Morgan fingerprint density at radius 2 is 2.09 bits per heavy atom. The SMILES string of the molecule is CCOC(=O)C1=C(C)NC(=S)N[C@@H]1c1ccc(OC)cc1C. The predicted octanol–water partition coefficient (Wildman–Crippen LogP) is 2.36. The molecule has 0 radical (unpaired) electrons. The minimum absolute atomic E-state index is 0.328. The number of methoxy groups -OCH3 is 1. The first-order valence-electron chi connectivity index (χ1n) is 7.07. The zero-order valence-electron chi connectivity index (χ0n) is 13.1. The van der Waals surface area contributed by atoms with E-state index in [1.54, 1.807) is 14.0 Å². The first kappa shape index (κ1) is 16.3. The van der Waals surface area contributed by atoms with Gasteiger partial charge >= 0.3 is 5.97 Å². The van der Waals surface area contributed by atoms with Gasteiger partial charge in [0.15, 0.2) is 5.11 Å². The minimum Gasteiger partial charge on any atom is -0.497 e. The van der Waals surface area contributed by atoms with Crippen LogP contribution in [0.15, 0.2) is 29.5 Å². The van der Waals surface area contributed by atoms with Crippen molar-refractivity contribution in [1.82, 2.24) is 10.6 Å². The number of esters is 1. The second kappa shape index (κ2) is 6.79. The van der Waals surface area contributed by atoms with Crippen molar-refractivity contribution < 1.29 is 14.3 Å². The lowest BCUT2D eigenvalue weighted by atomic mass is 9.92. The van der Waals surface area contributed by atoms with Crippen LogP contribution < -0.4 is 15.4 Å². The smallest absolute Gasteiger partial charge is 0.338 e. The number of carbonyl (C=O) groups is 1. The van der Waals surface area contributed by atoms with Crippen molar-refractivity contribution in [1.29, 1.82) is 0 Å². The largest absolute Gasteiger partial charge is 0.497 e. The van der Waals surface area contributed by atoms with Crippen LogP contribution in [0.4, 0.5) is 0 Å². The Kier molecular flexibility index (Phi) is 5.03. The average molecular weight is 320 g/mol. The van der Waals surface area contributed by atoms with E-state index in [2.05, 4.69) is 10.6 Å². The molecule has 0 fully saturated rings. The summed E-state index contributed by atoms with van der Waals surface area (Å²) in [6.07, 6.45) is 0. The van der Waals surface area contributed by atoms with E-state index >= 15 is 0 Å². The number of allylic oxidation sites excluding steroid dienone is 1. The molecule has 6 heteroatoms. The summed E-state index contributed by atoms with van der Waals surface area (Å²) >= 11 is 5.22. The van der Waals surface area contributed by atoms with Crippen molar-refractivity contribution in [2.75, 3.05) is 13.7 Å². The predicted molar refractivity (Wildman–Crippen MR) is 88.7 cm³/mol. The van der Waals surface area contributed by atoms with E-state index in [0.29, 0.717) is 23.0 Å². The Balaban J connectivity index is 2.48. The Morgan fingerprint density at radius 1 is 1.36 bits per heavy atom. The summed E-state index contributed by atoms with van der Waals surface area (Å²) in [5.41, 5.74) is 3.23. The molecule has 1 aliphatic heterocycles. The average Bonchev–Trinajstić information content (AvgIpc) is 2.46. The number of aryl methyl sites for hydroxylation is 1. The maximum Gasteiger partial charge on any atom is 0.338 e. The van der Waals surface area contributed by atoms with E-state index in [-0.39, 0.29) is 12.0 Å². The van der Waals surface area contributed by atoms with Crippen LogP contribution in [0.2, 0.25) is 0 Å². The molecule has 5 nitrogen and oxygen atoms in total. The molecular formula is C16H20N2O3S. The number of hydrogen-bond acceptors (Lipinski definition) is 4. The maximum atomic E-state index is 12.3. The fourth-order valence-electron chi connectivity index (χ4n) is 2.51. The molecule has 2 N–H and O–H groups in total. The molecule has 22 heavy (non-hydrogen) atoms. The third kappa shape index (κ3) is 3.22. The Labute approximate surface area is 135 Å². The standard InChI is InChI=1S/C16H20N2O3S/c1-5-21-15(19)13-10(3)17-16(22)18-14(13)12-7-6-11(20-4)8-9(12)2/h6-8,14H,5H2,1-4H3,(H2,17,18,22)/t14-/m1/s1. The number of nitrogens with one attached hydrogen (secondary N) is 2. The van der Waals surface area contributed by atoms with E-state index in [4.69, 9.17) is 21.7 Å². The Hall–Kier alpha value is -2.08. The topological polar surface area (TPSA) is 59.6 Å². The third-order valence-corrected chi connectivity index (χ3v) is 3.77. The Bertz CT molecular complexity index is 640. The molecule has 1 atom stereocenters.